The van der Waals surface area contributed by atoms with E-state index in [0.29, 0.717) is 5.56 Å². The van der Waals surface area contributed by atoms with Gasteiger partial charge in [0.1, 0.15) is 18.3 Å². The smallest absolute Gasteiger partial charge is 0.338 e. The van der Waals surface area contributed by atoms with Crippen molar-refractivity contribution in [2.45, 2.75) is 37.1 Å². The Hall–Kier alpha value is -1.30. The number of hydrogen-bond donors (Lipinski definition) is 1. The van der Waals surface area contributed by atoms with Crippen LogP contribution < -0.4 is 0 Å². The van der Waals surface area contributed by atoms with E-state index in [2.05, 4.69) is 19.5 Å². The molecule has 0 amide bonds. The molecular formula is C16H18O4S. The van der Waals surface area contributed by atoms with E-state index >= 15 is 0 Å². The van der Waals surface area contributed by atoms with Gasteiger partial charge in [0.05, 0.1) is 11.7 Å². The Morgan fingerprint density at radius 3 is 2.90 bits per heavy atom. The van der Waals surface area contributed by atoms with Crippen LogP contribution in [-0.2, 0) is 13.7 Å². The van der Waals surface area contributed by atoms with Gasteiger partial charge >= 0.3 is 5.97 Å². The van der Waals surface area contributed by atoms with E-state index in [0.717, 1.165) is 24.8 Å². The zero-order chi connectivity index (χ0) is 14.9. The lowest BCUT2D eigenvalue weighted by molar-refractivity contribution is 0.0476. The van der Waals surface area contributed by atoms with E-state index in [4.69, 9.17) is 13.7 Å². The van der Waals surface area contributed by atoms with Crippen LogP contribution in [0.15, 0.2) is 42.5 Å². The Kier molecular flexibility index (Phi) is 4.06. The summed E-state index contributed by atoms with van der Waals surface area (Å²) in [6.45, 7) is 4.33. The van der Waals surface area contributed by atoms with Gasteiger partial charge in [-0.25, -0.2) is 4.79 Å². The summed E-state index contributed by atoms with van der Waals surface area (Å²) in [6, 6.07) is 8.94. The number of ether oxygens (including phenoxy) is 2. The van der Waals surface area contributed by atoms with Crippen LogP contribution in [0.2, 0.25) is 0 Å². The van der Waals surface area contributed by atoms with Crippen molar-refractivity contribution in [3.8, 4) is 0 Å². The molecule has 1 saturated carbocycles. The minimum atomic E-state index is -0.386. The van der Waals surface area contributed by atoms with Crippen LogP contribution in [0.25, 0.3) is 0 Å². The highest BCUT2D eigenvalue weighted by molar-refractivity contribution is 7.75. The average molecular weight is 306 g/mol. The largest absolute Gasteiger partial charge is 0.459 e. The summed E-state index contributed by atoms with van der Waals surface area (Å²) in [5, 5.41) is 0. The van der Waals surface area contributed by atoms with Gasteiger partial charge in [0.25, 0.3) is 0 Å². The van der Waals surface area contributed by atoms with Crippen LogP contribution in [0.3, 0.4) is 0 Å². The molecule has 0 radical (unpaired) electrons. The summed E-state index contributed by atoms with van der Waals surface area (Å²) >= 11 is 3.89. The zero-order valence-electron chi connectivity index (χ0n) is 11.7. The Morgan fingerprint density at radius 2 is 2.19 bits per heavy atom. The number of hydrogen-bond acceptors (Lipinski definition) is 5. The van der Waals surface area contributed by atoms with E-state index in [1.54, 1.807) is 12.1 Å². The van der Waals surface area contributed by atoms with E-state index in [1.807, 2.05) is 18.2 Å². The Balaban J connectivity index is 1.56. The molecule has 4 nitrogen and oxygen atoms in total. The lowest BCUT2D eigenvalue weighted by atomic mass is 9.81. The number of esters is 1. The van der Waals surface area contributed by atoms with Crippen LogP contribution >= 0.6 is 12.9 Å². The maximum atomic E-state index is 11.9. The van der Waals surface area contributed by atoms with Crippen molar-refractivity contribution in [2.75, 3.05) is 6.61 Å². The maximum Gasteiger partial charge on any atom is 0.338 e. The van der Waals surface area contributed by atoms with E-state index in [9.17, 15) is 4.79 Å². The van der Waals surface area contributed by atoms with Crippen LogP contribution in [-0.4, -0.2) is 30.4 Å². The second-order valence-electron chi connectivity index (χ2n) is 5.53. The first kappa shape index (κ1) is 14.6. The zero-order valence-corrected chi connectivity index (χ0v) is 12.6. The quantitative estimate of drug-likeness (QED) is 0.305. The lowest BCUT2D eigenvalue weighted by Gasteiger charge is -2.27. The monoisotopic (exact) mass is 306 g/mol. The minimum Gasteiger partial charge on any atom is -0.459 e. The maximum absolute atomic E-state index is 11.9. The lowest BCUT2D eigenvalue weighted by Crippen LogP contribution is -2.32. The molecule has 2 aliphatic rings. The summed E-state index contributed by atoms with van der Waals surface area (Å²) in [7, 11) is 0. The summed E-state index contributed by atoms with van der Waals surface area (Å²) < 4.78 is 16.2. The highest BCUT2D eigenvalue weighted by Crippen LogP contribution is 2.51. The normalized spacial score (nSPS) is 31.2. The minimum absolute atomic E-state index is 0.0636. The second-order valence-corrected chi connectivity index (χ2v) is 5.75. The molecule has 1 aliphatic heterocycles. The van der Waals surface area contributed by atoms with Gasteiger partial charge in [0, 0.05) is 6.42 Å². The summed E-state index contributed by atoms with van der Waals surface area (Å²) in [5.74, 6) is -0.329. The number of epoxide rings is 1. The molecule has 1 spiro atoms. The summed E-state index contributed by atoms with van der Waals surface area (Å²) in [5.41, 5.74) is 1.22. The van der Waals surface area contributed by atoms with E-state index < -0.39 is 0 Å². The summed E-state index contributed by atoms with van der Waals surface area (Å²) in [4.78, 5) is 11.9. The Morgan fingerprint density at radius 1 is 1.43 bits per heavy atom. The molecule has 112 valence electrons. The first-order valence-corrected chi connectivity index (χ1v) is 7.40. The number of benzene rings is 1. The van der Waals surface area contributed by atoms with E-state index in [1.165, 1.54) is 0 Å². The van der Waals surface area contributed by atoms with Gasteiger partial charge in [-0.15, -0.1) is 0 Å². The fraction of sp³-hybridized carbons (Fsp3) is 0.438. The van der Waals surface area contributed by atoms with Crippen molar-refractivity contribution < 1.29 is 18.5 Å². The SMILES string of the molecule is C=C1CCC(OS)CC12OC2COC(=O)c1ccccc1. The second kappa shape index (κ2) is 5.83. The molecular weight excluding hydrogens is 288 g/mol. The van der Waals surface area contributed by atoms with Gasteiger partial charge in [-0.1, -0.05) is 24.8 Å². The molecule has 0 bridgehead atoms. The van der Waals surface area contributed by atoms with Crippen LogP contribution in [0.1, 0.15) is 29.6 Å². The first-order valence-electron chi connectivity index (χ1n) is 7.04. The molecule has 0 aromatic heterocycles. The Bertz CT molecular complexity index is 544. The van der Waals surface area contributed by atoms with Gasteiger partial charge in [0.15, 0.2) is 0 Å². The molecule has 1 aliphatic carbocycles. The van der Waals surface area contributed by atoms with Gasteiger partial charge in [0.2, 0.25) is 0 Å². The van der Waals surface area contributed by atoms with Crippen molar-refractivity contribution in [1.82, 2.24) is 0 Å². The van der Waals surface area contributed by atoms with Crippen molar-refractivity contribution >= 4 is 18.9 Å². The molecule has 21 heavy (non-hydrogen) atoms. The highest BCUT2D eigenvalue weighted by Gasteiger charge is 2.61. The topological polar surface area (TPSA) is 48.1 Å². The summed E-state index contributed by atoms with van der Waals surface area (Å²) in [6.07, 6.45) is 2.43. The van der Waals surface area contributed by atoms with Gasteiger partial charge in [-0.05, 0) is 43.5 Å². The van der Waals surface area contributed by atoms with Crippen molar-refractivity contribution in [3.63, 3.8) is 0 Å². The van der Waals surface area contributed by atoms with Crippen molar-refractivity contribution in [2.24, 2.45) is 0 Å². The van der Waals surface area contributed by atoms with Crippen LogP contribution in [0.5, 0.6) is 0 Å². The van der Waals surface area contributed by atoms with Gasteiger partial charge in [-0.2, -0.15) is 0 Å². The molecule has 3 unspecified atom stereocenters. The third-order valence-corrected chi connectivity index (χ3v) is 4.54. The van der Waals surface area contributed by atoms with E-state index in [-0.39, 0.29) is 30.4 Å². The molecule has 1 aromatic rings. The number of rotatable bonds is 4. The molecule has 1 aromatic carbocycles. The Labute approximate surface area is 129 Å². The van der Waals surface area contributed by atoms with Gasteiger partial charge < -0.3 is 13.7 Å². The predicted molar refractivity (Wildman–Crippen MR) is 81.2 cm³/mol. The first-order chi connectivity index (χ1) is 10.2. The highest BCUT2D eigenvalue weighted by atomic mass is 32.1. The number of carbonyl (C=O) groups excluding carboxylic acids is 1. The predicted octanol–water partition coefficient (Wildman–Crippen LogP) is 2.95. The molecule has 3 atom stereocenters. The standard InChI is InChI=1S/C16H18O4S/c1-11-7-8-13(20-21)9-16(11)14(19-16)10-18-15(17)12-5-3-2-4-6-12/h2-6,13-14,21H,1,7-10H2. The van der Waals surface area contributed by atoms with Crippen LogP contribution in [0, 0.1) is 0 Å². The number of thiol groups is 1. The van der Waals surface area contributed by atoms with Gasteiger partial charge in [-0.3, -0.25) is 0 Å². The fourth-order valence-electron chi connectivity index (χ4n) is 2.91. The average Bonchev–Trinajstić information content (AvgIpc) is 3.22. The molecule has 2 fully saturated rings. The molecule has 1 heterocycles. The third kappa shape index (κ3) is 2.86. The molecule has 0 N–H and O–H groups in total. The van der Waals surface area contributed by atoms with Crippen molar-refractivity contribution in [1.29, 1.82) is 0 Å². The molecule has 5 heteroatoms. The molecule has 1 saturated heterocycles. The van der Waals surface area contributed by atoms with Crippen LogP contribution in [0.4, 0.5) is 0 Å². The molecule has 3 rings (SSSR count). The number of carbonyl (C=O) groups is 1. The fourth-order valence-corrected chi connectivity index (χ4v) is 3.09. The third-order valence-electron chi connectivity index (χ3n) is 4.24. The van der Waals surface area contributed by atoms with Crippen molar-refractivity contribution in [3.05, 3.63) is 48.0 Å².